The summed E-state index contributed by atoms with van der Waals surface area (Å²) in [6, 6.07) is 7.44. The Hall–Kier alpha value is -1.71. The van der Waals surface area contributed by atoms with Crippen LogP contribution in [0.5, 0.6) is 5.75 Å². The number of hydrogen-bond acceptors (Lipinski definition) is 3. The maximum atomic E-state index is 12.3. The lowest BCUT2D eigenvalue weighted by atomic mass is 9.75. The average molecular weight is 319 g/mol. The molecule has 0 aromatic heterocycles. The first kappa shape index (κ1) is 17.6. The molecule has 2 rings (SSSR count). The van der Waals surface area contributed by atoms with Crippen LogP contribution in [-0.2, 0) is 4.74 Å². The fourth-order valence-corrected chi connectivity index (χ4v) is 3.38. The van der Waals surface area contributed by atoms with Gasteiger partial charge in [0.05, 0.1) is 12.3 Å². The number of amides is 1. The molecular weight excluding hydrogens is 290 g/mol. The molecule has 0 aliphatic heterocycles. The van der Waals surface area contributed by atoms with Gasteiger partial charge in [-0.2, -0.15) is 0 Å². The van der Waals surface area contributed by atoms with E-state index in [1.807, 2.05) is 31.2 Å². The molecule has 1 aromatic rings. The first-order chi connectivity index (χ1) is 11.0. The standard InChI is InChI=1S/C19H29NO3/c1-5-22-17-9-7-6-8-16(17)20-19(21)23-18-12-14(4)10-11-15(18)13(2)3/h6-9,13-15,18H,5,10-12H2,1-4H3,(H,20,21). The second-order valence-electron chi connectivity index (χ2n) is 6.82. The average Bonchev–Trinajstić information content (AvgIpc) is 2.49. The van der Waals surface area contributed by atoms with E-state index >= 15 is 0 Å². The maximum absolute atomic E-state index is 12.3. The van der Waals surface area contributed by atoms with E-state index in [2.05, 4.69) is 26.1 Å². The molecule has 0 radical (unpaired) electrons. The number of rotatable bonds is 5. The highest BCUT2D eigenvalue weighted by atomic mass is 16.6. The number of carbonyl (C=O) groups is 1. The van der Waals surface area contributed by atoms with Crippen molar-refractivity contribution in [3.8, 4) is 5.75 Å². The molecule has 128 valence electrons. The molecule has 1 N–H and O–H groups in total. The summed E-state index contributed by atoms with van der Waals surface area (Å²) < 4.78 is 11.3. The summed E-state index contributed by atoms with van der Waals surface area (Å²) in [7, 11) is 0. The zero-order chi connectivity index (χ0) is 16.8. The summed E-state index contributed by atoms with van der Waals surface area (Å²) >= 11 is 0. The van der Waals surface area contributed by atoms with Crippen LogP contribution in [0.1, 0.15) is 47.0 Å². The van der Waals surface area contributed by atoms with Gasteiger partial charge in [0.1, 0.15) is 11.9 Å². The van der Waals surface area contributed by atoms with Crippen LogP contribution in [0.2, 0.25) is 0 Å². The monoisotopic (exact) mass is 319 g/mol. The summed E-state index contributed by atoms with van der Waals surface area (Å²) in [5.74, 6) is 2.25. The Bertz CT molecular complexity index is 515. The molecule has 0 heterocycles. The molecule has 1 aliphatic rings. The van der Waals surface area contributed by atoms with Crippen LogP contribution < -0.4 is 10.1 Å². The molecule has 4 heteroatoms. The quantitative estimate of drug-likeness (QED) is 0.822. The van der Waals surface area contributed by atoms with Crippen LogP contribution in [-0.4, -0.2) is 18.8 Å². The molecule has 1 aromatic carbocycles. The first-order valence-electron chi connectivity index (χ1n) is 8.70. The van der Waals surface area contributed by atoms with Crippen molar-refractivity contribution in [1.29, 1.82) is 0 Å². The third-order valence-electron chi connectivity index (χ3n) is 4.64. The number of anilines is 1. The zero-order valence-corrected chi connectivity index (χ0v) is 14.7. The Kier molecular flexibility index (Phi) is 6.31. The van der Waals surface area contributed by atoms with Gasteiger partial charge in [-0.25, -0.2) is 4.79 Å². The molecule has 0 bridgehead atoms. The molecule has 1 fully saturated rings. The van der Waals surface area contributed by atoms with Crippen molar-refractivity contribution in [2.75, 3.05) is 11.9 Å². The predicted octanol–water partition coefficient (Wildman–Crippen LogP) is 5.09. The summed E-state index contributed by atoms with van der Waals surface area (Å²) in [4.78, 5) is 12.3. The third kappa shape index (κ3) is 4.88. The minimum atomic E-state index is -0.387. The number of nitrogens with one attached hydrogen (secondary N) is 1. The van der Waals surface area contributed by atoms with Gasteiger partial charge in [-0.05, 0) is 49.7 Å². The molecule has 1 saturated carbocycles. The van der Waals surface area contributed by atoms with Gasteiger partial charge in [-0.1, -0.05) is 39.3 Å². The van der Waals surface area contributed by atoms with Crippen molar-refractivity contribution in [2.45, 2.75) is 53.1 Å². The lowest BCUT2D eigenvalue weighted by Crippen LogP contribution is -2.37. The summed E-state index contributed by atoms with van der Waals surface area (Å²) in [5, 5.41) is 2.83. The van der Waals surface area contributed by atoms with Crippen molar-refractivity contribution < 1.29 is 14.3 Å². The van der Waals surface area contributed by atoms with Crippen LogP contribution >= 0.6 is 0 Å². The van der Waals surface area contributed by atoms with E-state index in [9.17, 15) is 4.79 Å². The van der Waals surface area contributed by atoms with Crippen molar-refractivity contribution in [1.82, 2.24) is 0 Å². The highest BCUT2D eigenvalue weighted by Crippen LogP contribution is 2.35. The predicted molar refractivity (Wildman–Crippen MR) is 92.8 cm³/mol. The van der Waals surface area contributed by atoms with Crippen LogP contribution in [0.25, 0.3) is 0 Å². The minimum absolute atomic E-state index is 0.00185. The Balaban J connectivity index is 2.00. The highest BCUT2D eigenvalue weighted by Gasteiger charge is 2.33. The zero-order valence-electron chi connectivity index (χ0n) is 14.7. The SMILES string of the molecule is CCOc1ccccc1NC(=O)OC1CC(C)CCC1C(C)C. The number of hydrogen-bond donors (Lipinski definition) is 1. The van der Waals surface area contributed by atoms with Crippen molar-refractivity contribution >= 4 is 11.8 Å². The lowest BCUT2D eigenvalue weighted by Gasteiger charge is -2.36. The van der Waals surface area contributed by atoms with E-state index in [1.54, 1.807) is 0 Å². The molecule has 4 nitrogen and oxygen atoms in total. The molecule has 3 atom stereocenters. The van der Waals surface area contributed by atoms with Gasteiger partial charge < -0.3 is 9.47 Å². The third-order valence-corrected chi connectivity index (χ3v) is 4.64. The molecule has 0 saturated heterocycles. The molecular formula is C19H29NO3. The first-order valence-corrected chi connectivity index (χ1v) is 8.70. The summed E-state index contributed by atoms with van der Waals surface area (Å²) in [5.41, 5.74) is 0.657. The van der Waals surface area contributed by atoms with Gasteiger partial charge in [-0.15, -0.1) is 0 Å². The molecule has 0 spiro atoms. The van der Waals surface area contributed by atoms with E-state index in [0.29, 0.717) is 35.8 Å². The second kappa shape index (κ2) is 8.23. The highest BCUT2D eigenvalue weighted by molar-refractivity contribution is 5.86. The Morgan fingerprint density at radius 3 is 2.74 bits per heavy atom. The fourth-order valence-electron chi connectivity index (χ4n) is 3.38. The lowest BCUT2D eigenvalue weighted by molar-refractivity contribution is 0.0126. The second-order valence-corrected chi connectivity index (χ2v) is 6.82. The van der Waals surface area contributed by atoms with Crippen molar-refractivity contribution in [2.24, 2.45) is 17.8 Å². The van der Waals surface area contributed by atoms with Crippen LogP contribution in [0.15, 0.2) is 24.3 Å². The van der Waals surface area contributed by atoms with Gasteiger partial charge in [0.25, 0.3) is 0 Å². The van der Waals surface area contributed by atoms with Gasteiger partial charge in [0.2, 0.25) is 0 Å². The van der Waals surface area contributed by atoms with E-state index in [4.69, 9.17) is 9.47 Å². The Labute approximate surface area is 139 Å². The van der Waals surface area contributed by atoms with Gasteiger partial charge >= 0.3 is 6.09 Å². The topological polar surface area (TPSA) is 47.6 Å². The summed E-state index contributed by atoms with van der Waals surface area (Å²) in [6.07, 6.45) is 2.91. The molecule has 23 heavy (non-hydrogen) atoms. The van der Waals surface area contributed by atoms with Crippen LogP contribution in [0.4, 0.5) is 10.5 Å². The van der Waals surface area contributed by atoms with Gasteiger partial charge in [0.15, 0.2) is 0 Å². The number of carbonyl (C=O) groups excluding carboxylic acids is 1. The molecule has 3 unspecified atom stereocenters. The van der Waals surface area contributed by atoms with Gasteiger partial charge in [-0.3, -0.25) is 5.32 Å². The van der Waals surface area contributed by atoms with Crippen molar-refractivity contribution in [3.63, 3.8) is 0 Å². The minimum Gasteiger partial charge on any atom is -0.492 e. The summed E-state index contributed by atoms with van der Waals surface area (Å²) in [6.45, 7) is 9.13. The number of ether oxygens (including phenoxy) is 2. The normalized spacial score (nSPS) is 24.3. The smallest absolute Gasteiger partial charge is 0.412 e. The van der Waals surface area contributed by atoms with E-state index in [1.165, 1.54) is 6.42 Å². The molecule has 1 aliphatic carbocycles. The Morgan fingerprint density at radius 1 is 1.30 bits per heavy atom. The van der Waals surface area contributed by atoms with E-state index in [-0.39, 0.29) is 12.2 Å². The maximum Gasteiger partial charge on any atom is 0.412 e. The van der Waals surface area contributed by atoms with Crippen molar-refractivity contribution in [3.05, 3.63) is 24.3 Å². The Morgan fingerprint density at radius 2 is 2.04 bits per heavy atom. The van der Waals surface area contributed by atoms with Crippen LogP contribution in [0.3, 0.4) is 0 Å². The fraction of sp³-hybridized carbons (Fsp3) is 0.632. The molecule has 1 amide bonds. The largest absolute Gasteiger partial charge is 0.492 e. The van der Waals surface area contributed by atoms with Crippen LogP contribution in [0, 0.1) is 17.8 Å². The number of benzene rings is 1. The van der Waals surface area contributed by atoms with E-state index < -0.39 is 0 Å². The number of para-hydroxylation sites is 2. The van der Waals surface area contributed by atoms with E-state index in [0.717, 1.165) is 12.8 Å². The van der Waals surface area contributed by atoms with Gasteiger partial charge in [0, 0.05) is 0 Å².